The Labute approximate surface area is 259 Å². The minimum atomic E-state index is 0.579. The lowest BCUT2D eigenvalue weighted by atomic mass is 10.0. The van der Waals surface area contributed by atoms with Crippen molar-refractivity contribution in [3.63, 3.8) is 0 Å². The number of hydrogen-bond donors (Lipinski definition) is 0. The van der Waals surface area contributed by atoms with Gasteiger partial charge < -0.3 is 8.98 Å². The predicted octanol–water partition coefficient (Wildman–Crippen LogP) is 10.2. The third-order valence-corrected chi connectivity index (χ3v) is 8.58. The molecule has 0 saturated carbocycles. The molecule has 6 aromatic carbocycles. The highest BCUT2D eigenvalue weighted by Crippen LogP contribution is 2.42. The van der Waals surface area contributed by atoms with Crippen molar-refractivity contribution in [1.29, 1.82) is 0 Å². The largest absolute Gasteiger partial charge is 0.455 e. The van der Waals surface area contributed by atoms with Gasteiger partial charge >= 0.3 is 0 Å². The SMILES string of the molecule is Cc1ccc(-c2nc(-c3ccccc3)nc(-c3ccccc3)n2)c2oc3cc4c(cc3c12)c1ccccc1n4-c1ccccc1. The quantitative estimate of drug-likeness (QED) is 0.208. The summed E-state index contributed by atoms with van der Waals surface area (Å²) in [6.07, 6.45) is 0. The Bertz CT molecular complexity index is 2470. The Morgan fingerprint density at radius 1 is 0.511 bits per heavy atom. The molecule has 0 atom stereocenters. The second-order valence-corrected chi connectivity index (χ2v) is 11.3. The van der Waals surface area contributed by atoms with Gasteiger partial charge in [0.1, 0.15) is 11.2 Å². The van der Waals surface area contributed by atoms with E-state index < -0.39 is 0 Å². The van der Waals surface area contributed by atoms with E-state index in [1.54, 1.807) is 0 Å². The van der Waals surface area contributed by atoms with E-state index in [-0.39, 0.29) is 0 Å². The predicted molar refractivity (Wildman–Crippen MR) is 182 cm³/mol. The van der Waals surface area contributed by atoms with E-state index in [0.29, 0.717) is 17.5 Å². The van der Waals surface area contributed by atoms with Crippen LogP contribution in [0.2, 0.25) is 0 Å². The zero-order valence-electron chi connectivity index (χ0n) is 24.5. The van der Waals surface area contributed by atoms with Crippen molar-refractivity contribution in [1.82, 2.24) is 19.5 Å². The summed E-state index contributed by atoms with van der Waals surface area (Å²) in [6.45, 7) is 2.14. The Kier molecular flexibility index (Phi) is 5.65. The maximum atomic E-state index is 6.79. The molecular formula is C40H26N4O. The summed E-state index contributed by atoms with van der Waals surface area (Å²) in [6, 6.07) is 47.8. The van der Waals surface area contributed by atoms with Crippen molar-refractivity contribution >= 4 is 43.7 Å². The van der Waals surface area contributed by atoms with Gasteiger partial charge in [-0.1, -0.05) is 103 Å². The lowest BCUT2D eigenvalue weighted by molar-refractivity contribution is 0.669. The molecular weight excluding hydrogens is 552 g/mol. The lowest BCUT2D eigenvalue weighted by Crippen LogP contribution is -2.00. The molecule has 0 bridgehead atoms. The van der Waals surface area contributed by atoms with Crippen LogP contribution in [0.5, 0.6) is 0 Å². The number of rotatable bonds is 4. The molecule has 3 aromatic heterocycles. The molecule has 0 spiro atoms. The summed E-state index contributed by atoms with van der Waals surface area (Å²) in [4.78, 5) is 14.9. The molecule has 5 heteroatoms. The molecule has 0 unspecified atom stereocenters. The first-order valence-electron chi connectivity index (χ1n) is 15.0. The number of nitrogens with zero attached hydrogens (tertiary/aromatic N) is 4. The molecule has 0 radical (unpaired) electrons. The van der Waals surface area contributed by atoms with E-state index in [4.69, 9.17) is 19.4 Å². The highest BCUT2D eigenvalue weighted by molar-refractivity contribution is 6.19. The van der Waals surface area contributed by atoms with Crippen LogP contribution in [0.15, 0.2) is 144 Å². The Morgan fingerprint density at radius 3 is 1.80 bits per heavy atom. The van der Waals surface area contributed by atoms with Crippen LogP contribution in [-0.2, 0) is 0 Å². The first-order chi connectivity index (χ1) is 22.2. The van der Waals surface area contributed by atoms with E-state index in [2.05, 4.69) is 84.3 Å². The van der Waals surface area contributed by atoms with Crippen molar-refractivity contribution in [2.75, 3.05) is 0 Å². The van der Waals surface area contributed by atoms with Crippen LogP contribution >= 0.6 is 0 Å². The van der Waals surface area contributed by atoms with E-state index in [1.165, 1.54) is 16.3 Å². The summed E-state index contributed by atoms with van der Waals surface area (Å²) in [5.74, 6) is 1.83. The highest BCUT2D eigenvalue weighted by atomic mass is 16.3. The van der Waals surface area contributed by atoms with E-state index in [9.17, 15) is 0 Å². The minimum absolute atomic E-state index is 0.579. The van der Waals surface area contributed by atoms with Crippen LogP contribution in [0.3, 0.4) is 0 Å². The number of hydrogen-bond acceptors (Lipinski definition) is 4. The fraction of sp³-hybridized carbons (Fsp3) is 0.0250. The molecule has 0 N–H and O–H groups in total. The van der Waals surface area contributed by atoms with Crippen molar-refractivity contribution in [3.8, 4) is 39.9 Å². The minimum Gasteiger partial charge on any atom is -0.455 e. The first kappa shape index (κ1) is 25.4. The molecule has 9 aromatic rings. The second kappa shape index (κ2) is 10.00. The van der Waals surface area contributed by atoms with Gasteiger partial charge in [-0.2, -0.15) is 0 Å². The van der Waals surface area contributed by atoms with Gasteiger partial charge in [-0.3, -0.25) is 0 Å². The molecule has 0 aliphatic carbocycles. The van der Waals surface area contributed by atoms with Crippen LogP contribution in [0.25, 0.3) is 83.6 Å². The van der Waals surface area contributed by atoms with Gasteiger partial charge in [0.25, 0.3) is 0 Å². The molecule has 5 nitrogen and oxygen atoms in total. The summed E-state index contributed by atoms with van der Waals surface area (Å²) < 4.78 is 9.11. The van der Waals surface area contributed by atoms with Crippen LogP contribution < -0.4 is 0 Å². The number of aryl methyl sites for hydroxylation is 1. The maximum Gasteiger partial charge on any atom is 0.167 e. The number of furan rings is 1. The van der Waals surface area contributed by atoms with Crippen LogP contribution in [0.4, 0.5) is 0 Å². The van der Waals surface area contributed by atoms with E-state index in [0.717, 1.165) is 55.4 Å². The third kappa shape index (κ3) is 4.05. The Hall–Kier alpha value is -6.07. The van der Waals surface area contributed by atoms with Gasteiger partial charge in [-0.05, 0) is 42.8 Å². The topological polar surface area (TPSA) is 56.7 Å². The monoisotopic (exact) mass is 578 g/mol. The third-order valence-electron chi connectivity index (χ3n) is 8.58. The molecule has 0 aliphatic rings. The molecule has 0 amide bonds. The summed E-state index contributed by atoms with van der Waals surface area (Å²) in [5.41, 5.74) is 8.83. The van der Waals surface area contributed by atoms with E-state index in [1.807, 2.05) is 66.7 Å². The highest BCUT2D eigenvalue weighted by Gasteiger charge is 2.21. The number of aromatic nitrogens is 4. The maximum absolute atomic E-state index is 6.79. The van der Waals surface area contributed by atoms with E-state index >= 15 is 0 Å². The van der Waals surface area contributed by atoms with Crippen molar-refractivity contribution in [2.45, 2.75) is 6.92 Å². The molecule has 45 heavy (non-hydrogen) atoms. The molecule has 3 heterocycles. The van der Waals surface area contributed by atoms with Crippen LogP contribution in [-0.4, -0.2) is 19.5 Å². The molecule has 9 rings (SSSR count). The molecule has 0 fully saturated rings. The van der Waals surface area contributed by atoms with Crippen molar-refractivity contribution < 1.29 is 4.42 Å². The van der Waals surface area contributed by atoms with Gasteiger partial charge in [0.15, 0.2) is 17.5 Å². The van der Waals surface area contributed by atoms with Gasteiger partial charge in [0, 0.05) is 44.4 Å². The Balaban J connectivity index is 1.33. The van der Waals surface area contributed by atoms with Crippen LogP contribution in [0, 0.1) is 6.92 Å². The number of benzene rings is 6. The Morgan fingerprint density at radius 2 is 1.11 bits per heavy atom. The van der Waals surface area contributed by atoms with Gasteiger partial charge in [-0.15, -0.1) is 0 Å². The number of fused-ring (bicyclic) bond motifs is 6. The summed E-state index contributed by atoms with van der Waals surface area (Å²) in [7, 11) is 0. The zero-order chi connectivity index (χ0) is 29.9. The van der Waals surface area contributed by atoms with Crippen molar-refractivity contribution in [3.05, 3.63) is 145 Å². The average molecular weight is 579 g/mol. The standard InChI is InChI=1S/C40H26N4O/c1-25-21-22-30(40-42-38(26-13-5-2-6-14-26)41-39(43-40)27-15-7-3-8-16-27)37-36(25)32-23-31-29-19-11-12-20-33(29)44(28-17-9-4-10-18-28)34(31)24-35(32)45-37/h2-24H,1H3. The average Bonchev–Trinajstić information content (AvgIpc) is 3.64. The van der Waals surface area contributed by atoms with Crippen LogP contribution in [0.1, 0.15) is 5.56 Å². The molecule has 212 valence electrons. The normalized spacial score (nSPS) is 11.7. The fourth-order valence-corrected chi connectivity index (χ4v) is 6.47. The van der Waals surface area contributed by atoms with Crippen molar-refractivity contribution in [2.24, 2.45) is 0 Å². The lowest BCUT2D eigenvalue weighted by Gasteiger charge is -2.09. The fourth-order valence-electron chi connectivity index (χ4n) is 6.47. The first-order valence-corrected chi connectivity index (χ1v) is 15.0. The second-order valence-electron chi connectivity index (χ2n) is 11.3. The summed E-state index contributed by atoms with van der Waals surface area (Å²) >= 11 is 0. The molecule has 0 saturated heterocycles. The zero-order valence-corrected chi connectivity index (χ0v) is 24.5. The smallest absolute Gasteiger partial charge is 0.167 e. The van der Waals surface area contributed by atoms with Gasteiger partial charge in [0.05, 0.1) is 16.6 Å². The molecule has 0 aliphatic heterocycles. The van der Waals surface area contributed by atoms with Gasteiger partial charge in [0.2, 0.25) is 0 Å². The summed E-state index contributed by atoms with van der Waals surface area (Å²) in [5, 5.41) is 4.54. The number of para-hydroxylation sites is 2. The van der Waals surface area contributed by atoms with Gasteiger partial charge in [-0.25, -0.2) is 15.0 Å².